The summed E-state index contributed by atoms with van der Waals surface area (Å²) in [6.07, 6.45) is 2.00. The Kier molecular flexibility index (Phi) is 4.37. The first-order chi connectivity index (χ1) is 9.50. The standard InChI is InChI=1S/C15H19FN2O2/c1-10-6-5-7-12(13(10)16)14(19)17-11(2)15(20)18-8-3-4-9-18/h5-7,11H,3-4,8-9H2,1-2H3,(H,17,19). The summed E-state index contributed by atoms with van der Waals surface area (Å²) in [6.45, 7) is 4.70. The van der Waals surface area contributed by atoms with Gasteiger partial charge in [-0.25, -0.2) is 4.39 Å². The van der Waals surface area contributed by atoms with Gasteiger partial charge in [0.05, 0.1) is 5.56 Å². The lowest BCUT2D eigenvalue weighted by atomic mass is 10.1. The SMILES string of the molecule is Cc1cccc(C(=O)NC(C)C(=O)N2CCCC2)c1F. The van der Waals surface area contributed by atoms with Crippen LogP contribution in [0.25, 0.3) is 0 Å². The van der Waals surface area contributed by atoms with Crippen LogP contribution in [0, 0.1) is 12.7 Å². The highest BCUT2D eigenvalue weighted by Crippen LogP contribution is 2.13. The number of aryl methyl sites for hydroxylation is 1. The molecule has 0 radical (unpaired) electrons. The van der Waals surface area contributed by atoms with Gasteiger partial charge in [-0.1, -0.05) is 12.1 Å². The Balaban J connectivity index is 2.03. The van der Waals surface area contributed by atoms with Crippen molar-refractivity contribution in [2.45, 2.75) is 32.7 Å². The van der Waals surface area contributed by atoms with Gasteiger partial charge < -0.3 is 10.2 Å². The average Bonchev–Trinajstić information content (AvgIpc) is 2.94. The molecule has 1 atom stereocenters. The second kappa shape index (κ2) is 6.03. The van der Waals surface area contributed by atoms with Gasteiger partial charge in [0.1, 0.15) is 11.9 Å². The van der Waals surface area contributed by atoms with Crippen molar-refractivity contribution in [3.05, 3.63) is 35.1 Å². The second-order valence-corrected chi connectivity index (χ2v) is 5.16. The van der Waals surface area contributed by atoms with Gasteiger partial charge in [0, 0.05) is 13.1 Å². The van der Waals surface area contributed by atoms with Crippen LogP contribution in [0.2, 0.25) is 0 Å². The number of amides is 2. The van der Waals surface area contributed by atoms with E-state index in [4.69, 9.17) is 0 Å². The summed E-state index contributed by atoms with van der Waals surface area (Å²) >= 11 is 0. The van der Waals surface area contributed by atoms with Crippen molar-refractivity contribution < 1.29 is 14.0 Å². The average molecular weight is 278 g/mol. The molecule has 0 saturated carbocycles. The first-order valence-corrected chi connectivity index (χ1v) is 6.85. The molecule has 1 aliphatic heterocycles. The zero-order valence-electron chi connectivity index (χ0n) is 11.8. The van der Waals surface area contributed by atoms with E-state index in [1.807, 2.05) is 0 Å². The normalized spacial score (nSPS) is 16.1. The fourth-order valence-electron chi connectivity index (χ4n) is 2.37. The number of carbonyl (C=O) groups excluding carboxylic acids is 2. The Morgan fingerprint density at radius 3 is 2.60 bits per heavy atom. The Morgan fingerprint density at radius 1 is 1.30 bits per heavy atom. The highest BCUT2D eigenvalue weighted by atomic mass is 19.1. The van der Waals surface area contributed by atoms with Crippen molar-refractivity contribution in [1.29, 1.82) is 0 Å². The molecule has 1 fully saturated rings. The fourth-order valence-corrected chi connectivity index (χ4v) is 2.37. The van der Waals surface area contributed by atoms with Gasteiger partial charge in [-0.15, -0.1) is 0 Å². The molecule has 2 rings (SSSR count). The lowest BCUT2D eigenvalue weighted by Gasteiger charge is -2.21. The van der Waals surface area contributed by atoms with Gasteiger partial charge in [-0.3, -0.25) is 9.59 Å². The first kappa shape index (κ1) is 14.5. The highest BCUT2D eigenvalue weighted by molar-refractivity contribution is 5.97. The van der Waals surface area contributed by atoms with E-state index < -0.39 is 17.8 Å². The Bertz CT molecular complexity index is 525. The van der Waals surface area contributed by atoms with Gasteiger partial charge in [-0.05, 0) is 38.3 Å². The zero-order valence-corrected chi connectivity index (χ0v) is 11.8. The predicted octanol–water partition coefficient (Wildman–Crippen LogP) is 1.87. The van der Waals surface area contributed by atoms with Crippen molar-refractivity contribution in [2.75, 3.05) is 13.1 Å². The van der Waals surface area contributed by atoms with E-state index in [9.17, 15) is 14.0 Å². The first-order valence-electron chi connectivity index (χ1n) is 6.85. The number of likely N-dealkylation sites (tertiary alicyclic amines) is 1. The number of nitrogens with one attached hydrogen (secondary N) is 1. The van der Waals surface area contributed by atoms with Crippen LogP contribution in [-0.2, 0) is 4.79 Å². The van der Waals surface area contributed by atoms with Crippen molar-refractivity contribution in [3.8, 4) is 0 Å². The van der Waals surface area contributed by atoms with Crippen LogP contribution < -0.4 is 5.32 Å². The van der Waals surface area contributed by atoms with Crippen LogP contribution in [-0.4, -0.2) is 35.8 Å². The molecule has 0 bridgehead atoms. The van der Waals surface area contributed by atoms with Crippen molar-refractivity contribution >= 4 is 11.8 Å². The fraction of sp³-hybridized carbons (Fsp3) is 0.467. The maximum atomic E-state index is 13.8. The number of halogens is 1. The Morgan fingerprint density at radius 2 is 1.95 bits per heavy atom. The van der Waals surface area contributed by atoms with Crippen LogP contribution in [0.1, 0.15) is 35.7 Å². The number of carbonyl (C=O) groups is 2. The number of hydrogen-bond donors (Lipinski definition) is 1. The number of benzene rings is 1. The molecule has 1 aromatic rings. The minimum Gasteiger partial charge on any atom is -0.341 e. The molecule has 1 aromatic carbocycles. The van der Waals surface area contributed by atoms with E-state index in [0.29, 0.717) is 5.56 Å². The number of rotatable bonds is 3. The van der Waals surface area contributed by atoms with Crippen LogP contribution in [0.5, 0.6) is 0 Å². The predicted molar refractivity (Wildman–Crippen MR) is 73.9 cm³/mol. The lowest BCUT2D eigenvalue weighted by Crippen LogP contribution is -2.46. The van der Waals surface area contributed by atoms with E-state index in [1.165, 1.54) is 6.07 Å². The van der Waals surface area contributed by atoms with Crippen LogP contribution in [0.4, 0.5) is 4.39 Å². The molecule has 0 spiro atoms. The third-order valence-electron chi connectivity index (χ3n) is 3.57. The van der Waals surface area contributed by atoms with E-state index in [-0.39, 0.29) is 11.5 Å². The molecule has 1 unspecified atom stereocenters. The molecule has 20 heavy (non-hydrogen) atoms. The summed E-state index contributed by atoms with van der Waals surface area (Å²) in [5.41, 5.74) is 0.391. The Hall–Kier alpha value is -1.91. The van der Waals surface area contributed by atoms with Crippen molar-refractivity contribution in [3.63, 3.8) is 0 Å². The lowest BCUT2D eigenvalue weighted by molar-refractivity contribution is -0.131. The third-order valence-corrected chi connectivity index (χ3v) is 3.57. The van der Waals surface area contributed by atoms with Gasteiger partial charge in [0.15, 0.2) is 0 Å². The monoisotopic (exact) mass is 278 g/mol. The van der Waals surface area contributed by atoms with Crippen LogP contribution in [0.3, 0.4) is 0 Å². The summed E-state index contributed by atoms with van der Waals surface area (Å²) in [4.78, 5) is 25.8. The molecular formula is C15H19FN2O2. The van der Waals surface area contributed by atoms with Gasteiger partial charge >= 0.3 is 0 Å². The summed E-state index contributed by atoms with van der Waals surface area (Å²) in [6, 6.07) is 4.01. The molecular weight excluding hydrogens is 259 g/mol. The van der Waals surface area contributed by atoms with Gasteiger partial charge in [0.2, 0.25) is 5.91 Å². The second-order valence-electron chi connectivity index (χ2n) is 5.16. The Labute approximate surface area is 118 Å². The maximum Gasteiger partial charge on any atom is 0.254 e. The molecule has 1 saturated heterocycles. The van der Waals surface area contributed by atoms with Crippen LogP contribution in [0.15, 0.2) is 18.2 Å². The van der Waals surface area contributed by atoms with Gasteiger partial charge in [-0.2, -0.15) is 0 Å². The molecule has 1 aliphatic rings. The molecule has 1 N–H and O–H groups in total. The number of hydrogen-bond acceptors (Lipinski definition) is 2. The topological polar surface area (TPSA) is 49.4 Å². The minimum absolute atomic E-state index is 0.0222. The van der Waals surface area contributed by atoms with Crippen molar-refractivity contribution in [1.82, 2.24) is 10.2 Å². The maximum absolute atomic E-state index is 13.8. The molecule has 5 heteroatoms. The molecule has 0 aliphatic carbocycles. The third kappa shape index (κ3) is 2.98. The zero-order chi connectivity index (χ0) is 14.7. The summed E-state index contributed by atoms with van der Waals surface area (Å²) in [7, 11) is 0. The quantitative estimate of drug-likeness (QED) is 0.917. The summed E-state index contributed by atoms with van der Waals surface area (Å²) in [5.74, 6) is -1.19. The molecule has 108 valence electrons. The van der Waals surface area contributed by atoms with E-state index in [2.05, 4.69) is 5.32 Å². The van der Waals surface area contributed by atoms with Crippen molar-refractivity contribution in [2.24, 2.45) is 0 Å². The molecule has 4 nitrogen and oxygen atoms in total. The molecule has 1 heterocycles. The van der Waals surface area contributed by atoms with E-state index in [1.54, 1.807) is 30.9 Å². The molecule has 2 amide bonds. The van der Waals surface area contributed by atoms with Crippen LogP contribution >= 0.6 is 0 Å². The summed E-state index contributed by atoms with van der Waals surface area (Å²) < 4.78 is 13.8. The molecule has 0 aromatic heterocycles. The number of nitrogens with zero attached hydrogens (tertiary/aromatic N) is 1. The van der Waals surface area contributed by atoms with E-state index >= 15 is 0 Å². The largest absolute Gasteiger partial charge is 0.341 e. The smallest absolute Gasteiger partial charge is 0.254 e. The van der Waals surface area contributed by atoms with Gasteiger partial charge in [0.25, 0.3) is 5.91 Å². The highest BCUT2D eigenvalue weighted by Gasteiger charge is 2.25. The minimum atomic E-state index is -0.638. The summed E-state index contributed by atoms with van der Waals surface area (Å²) in [5, 5.41) is 2.57. The van der Waals surface area contributed by atoms with E-state index in [0.717, 1.165) is 25.9 Å².